The van der Waals surface area contributed by atoms with Crippen LogP contribution in [0.5, 0.6) is 5.75 Å². The summed E-state index contributed by atoms with van der Waals surface area (Å²) in [7, 11) is 0. The summed E-state index contributed by atoms with van der Waals surface area (Å²) in [6.45, 7) is 4.83. The SMILES string of the molecule is CCCCSc1nnc(CSc2ncccn2)n1-c1ccc(OCC)cc1. The van der Waals surface area contributed by atoms with Crippen molar-refractivity contribution in [2.45, 2.75) is 42.8 Å². The molecule has 0 saturated carbocycles. The fourth-order valence-corrected chi connectivity index (χ4v) is 4.17. The first-order valence-electron chi connectivity index (χ1n) is 9.02. The molecular formula is C19H23N5OS2. The summed E-state index contributed by atoms with van der Waals surface area (Å²) in [5, 5.41) is 10.5. The Balaban J connectivity index is 1.83. The van der Waals surface area contributed by atoms with E-state index < -0.39 is 0 Å². The Morgan fingerprint density at radius 1 is 1.00 bits per heavy atom. The quantitative estimate of drug-likeness (QED) is 0.278. The molecule has 0 fully saturated rings. The number of unbranched alkanes of at least 4 members (excludes halogenated alkanes) is 1. The minimum atomic E-state index is 0.651. The van der Waals surface area contributed by atoms with Gasteiger partial charge in [0.25, 0.3) is 0 Å². The minimum Gasteiger partial charge on any atom is -0.494 e. The van der Waals surface area contributed by atoms with Crippen molar-refractivity contribution in [1.82, 2.24) is 24.7 Å². The van der Waals surface area contributed by atoms with E-state index >= 15 is 0 Å². The molecule has 0 unspecified atom stereocenters. The van der Waals surface area contributed by atoms with Crippen molar-refractivity contribution in [3.05, 3.63) is 48.5 Å². The highest BCUT2D eigenvalue weighted by Crippen LogP contribution is 2.27. The number of thioether (sulfide) groups is 2. The molecule has 0 aliphatic heterocycles. The molecule has 2 heterocycles. The maximum atomic E-state index is 5.56. The Hall–Kier alpha value is -2.06. The Bertz CT molecular complexity index is 824. The van der Waals surface area contributed by atoms with Crippen molar-refractivity contribution in [1.29, 1.82) is 0 Å². The Labute approximate surface area is 168 Å². The maximum absolute atomic E-state index is 5.56. The van der Waals surface area contributed by atoms with E-state index in [9.17, 15) is 0 Å². The zero-order chi connectivity index (χ0) is 18.9. The summed E-state index contributed by atoms with van der Waals surface area (Å²) in [6.07, 6.45) is 5.82. The molecule has 0 N–H and O–H groups in total. The van der Waals surface area contributed by atoms with Crippen molar-refractivity contribution in [3.63, 3.8) is 0 Å². The maximum Gasteiger partial charge on any atom is 0.195 e. The summed E-state index contributed by atoms with van der Waals surface area (Å²) in [4.78, 5) is 8.54. The summed E-state index contributed by atoms with van der Waals surface area (Å²) >= 11 is 3.30. The zero-order valence-electron chi connectivity index (χ0n) is 15.5. The topological polar surface area (TPSA) is 65.7 Å². The fraction of sp³-hybridized carbons (Fsp3) is 0.368. The number of nitrogens with zero attached hydrogens (tertiary/aromatic N) is 5. The largest absolute Gasteiger partial charge is 0.494 e. The lowest BCUT2D eigenvalue weighted by Gasteiger charge is -2.11. The average Bonchev–Trinajstić information content (AvgIpc) is 3.11. The van der Waals surface area contributed by atoms with Gasteiger partial charge in [0.05, 0.1) is 12.4 Å². The number of hydrogen-bond acceptors (Lipinski definition) is 7. The van der Waals surface area contributed by atoms with Gasteiger partial charge in [0.1, 0.15) is 11.6 Å². The lowest BCUT2D eigenvalue weighted by Crippen LogP contribution is -2.03. The van der Waals surface area contributed by atoms with Crippen LogP contribution in [0.2, 0.25) is 0 Å². The standard InChI is InChI=1S/C19H23N5OS2/c1-3-5-13-26-19-23-22-17(14-27-18-20-11-6-12-21-18)24(19)15-7-9-16(10-8-15)25-4-2/h6-12H,3-5,13-14H2,1-2H3. The van der Waals surface area contributed by atoms with Crippen molar-refractivity contribution < 1.29 is 4.74 Å². The molecule has 0 spiro atoms. The second-order valence-corrected chi connectivity index (χ2v) is 7.69. The van der Waals surface area contributed by atoms with Gasteiger partial charge in [-0.3, -0.25) is 4.57 Å². The van der Waals surface area contributed by atoms with Gasteiger partial charge in [-0.2, -0.15) is 0 Å². The van der Waals surface area contributed by atoms with Crippen molar-refractivity contribution in [2.75, 3.05) is 12.4 Å². The zero-order valence-corrected chi connectivity index (χ0v) is 17.2. The van der Waals surface area contributed by atoms with Crippen molar-refractivity contribution in [3.8, 4) is 11.4 Å². The van der Waals surface area contributed by atoms with Crippen LogP contribution in [0, 0.1) is 0 Å². The van der Waals surface area contributed by atoms with Gasteiger partial charge >= 0.3 is 0 Å². The predicted molar refractivity (Wildman–Crippen MR) is 110 cm³/mol. The molecule has 0 radical (unpaired) electrons. The lowest BCUT2D eigenvalue weighted by molar-refractivity contribution is 0.340. The highest BCUT2D eigenvalue weighted by molar-refractivity contribution is 7.99. The van der Waals surface area contributed by atoms with Crippen LogP contribution in [0.15, 0.2) is 53.0 Å². The van der Waals surface area contributed by atoms with Crippen molar-refractivity contribution >= 4 is 23.5 Å². The molecule has 8 heteroatoms. The first kappa shape index (κ1) is 19.7. The van der Waals surface area contributed by atoms with Crippen molar-refractivity contribution in [2.24, 2.45) is 0 Å². The number of benzene rings is 1. The third-order valence-electron chi connectivity index (χ3n) is 3.71. The summed E-state index contributed by atoms with van der Waals surface area (Å²) in [5.74, 6) is 3.43. The number of rotatable bonds is 10. The molecule has 0 bridgehead atoms. The summed E-state index contributed by atoms with van der Waals surface area (Å²) in [6, 6.07) is 9.87. The normalized spacial score (nSPS) is 10.9. The molecule has 2 aromatic heterocycles. The second-order valence-electron chi connectivity index (χ2n) is 5.68. The van der Waals surface area contributed by atoms with Gasteiger partial charge in [0.15, 0.2) is 10.3 Å². The molecule has 0 amide bonds. The third kappa shape index (κ3) is 5.46. The molecule has 142 valence electrons. The second kappa shape index (κ2) is 10.3. The van der Waals surface area contributed by atoms with Crippen LogP contribution in [0.1, 0.15) is 32.5 Å². The van der Waals surface area contributed by atoms with Gasteiger partial charge in [-0.15, -0.1) is 10.2 Å². The van der Waals surface area contributed by atoms with Gasteiger partial charge in [0.2, 0.25) is 0 Å². The number of aromatic nitrogens is 5. The highest BCUT2D eigenvalue weighted by atomic mass is 32.2. The van der Waals surface area contributed by atoms with Gasteiger partial charge in [-0.1, -0.05) is 36.9 Å². The molecule has 1 aromatic carbocycles. The molecule has 3 aromatic rings. The van der Waals surface area contributed by atoms with E-state index in [1.54, 1.807) is 35.9 Å². The first-order valence-corrected chi connectivity index (χ1v) is 11.0. The van der Waals surface area contributed by atoms with E-state index in [0.717, 1.165) is 46.2 Å². The van der Waals surface area contributed by atoms with Gasteiger partial charge in [-0.25, -0.2) is 9.97 Å². The van der Waals surface area contributed by atoms with E-state index in [2.05, 4.69) is 31.7 Å². The van der Waals surface area contributed by atoms with E-state index in [1.807, 2.05) is 37.3 Å². The number of ether oxygens (including phenoxy) is 1. The minimum absolute atomic E-state index is 0.651. The van der Waals surface area contributed by atoms with E-state index in [4.69, 9.17) is 4.74 Å². The van der Waals surface area contributed by atoms with Crippen LogP contribution in [-0.4, -0.2) is 37.1 Å². The fourth-order valence-electron chi connectivity index (χ4n) is 2.40. The molecule has 0 aliphatic carbocycles. The molecule has 0 aliphatic rings. The Morgan fingerprint density at radius 2 is 1.78 bits per heavy atom. The van der Waals surface area contributed by atoms with Crippen LogP contribution in [-0.2, 0) is 5.75 Å². The van der Waals surface area contributed by atoms with Crippen LogP contribution in [0.3, 0.4) is 0 Å². The summed E-state index contributed by atoms with van der Waals surface area (Å²) < 4.78 is 7.67. The smallest absolute Gasteiger partial charge is 0.195 e. The number of hydrogen-bond donors (Lipinski definition) is 0. The predicted octanol–water partition coefficient (Wildman–Crippen LogP) is 4.64. The highest BCUT2D eigenvalue weighted by Gasteiger charge is 2.15. The van der Waals surface area contributed by atoms with Gasteiger partial charge in [-0.05, 0) is 43.7 Å². The van der Waals surface area contributed by atoms with Crippen LogP contribution in [0.25, 0.3) is 5.69 Å². The Kier molecular flexibility index (Phi) is 7.53. The molecule has 0 atom stereocenters. The summed E-state index contributed by atoms with van der Waals surface area (Å²) in [5.41, 5.74) is 1.03. The Morgan fingerprint density at radius 3 is 2.48 bits per heavy atom. The monoisotopic (exact) mass is 401 g/mol. The van der Waals surface area contributed by atoms with Gasteiger partial charge in [0, 0.05) is 23.8 Å². The average molecular weight is 402 g/mol. The molecular weight excluding hydrogens is 378 g/mol. The molecule has 6 nitrogen and oxygen atoms in total. The van der Waals surface area contributed by atoms with Crippen LogP contribution < -0.4 is 4.74 Å². The molecule has 3 rings (SSSR count). The van der Waals surface area contributed by atoms with Crippen LogP contribution in [0.4, 0.5) is 0 Å². The third-order valence-corrected chi connectivity index (χ3v) is 5.59. The molecule has 0 saturated heterocycles. The molecule has 27 heavy (non-hydrogen) atoms. The first-order chi connectivity index (χ1) is 13.3. The van der Waals surface area contributed by atoms with Crippen LogP contribution >= 0.6 is 23.5 Å². The van der Waals surface area contributed by atoms with E-state index in [1.165, 1.54) is 0 Å². The van der Waals surface area contributed by atoms with Gasteiger partial charge < -0.3 is 4.74 Å². The van der Waals surface area contributed by atoms with E-state index in [-0.39, 0.29) is 0 Å². The van der Waals surface area contributed by atoms with E-state index in [0.29, 0.717) is 12.4 Å². The lowest BCUT2D eigenvalue weighted by atomic mass is 10.3.